The smallest absolute Gasteiger partial charge is 0.304 e. The minimum absolute atomic E-state index is 0.145. The van der Waals surface area contributed by atoms with Gasteiger partial charge in [0.2, 0.25) is 0 Å². The molecule has 1 fully saturated rings. The molecule has 0 aliphatic heterocycles. The number of aromatic nitrogens is 2. The van der Waals surface area contributed by atoms with Crippen LogP contribution in [0.2, 0.25) is 0 Å². The largest absolute Gasteiger partial charge is 0.481 e. The van der Waals surface area contributed by atoms with E-state index in [0.717, 1.165) is 37.2 Å². The lowest BCUT2D eigenvalue weighted by molar-refractivity contribution is -0.139. The van der Waals surface area contributed by atoms with Crippen LogP contribution in [0.25, 0.3) is 0 Å². The predicted octanol–water partition coefficient (Wildman–Crippen LogP) is 2.42. The highest BCUT2D eigenvalue weighted by molar-refractivity contribution is 5.69. The van der Waals surface area contributed by atoms with Crippen molar-refractivity contribution in [3.63, 3.8) is 0 Å². The second kappa shape index (κ2) is 4.17. The van der Waals surface area contributed by atoms with Gasteiger partial charge in [0.1, 0.15) is 0 Å². The van der Waals surface area contributed by atoms with Crippen molar-refractivity contribution in [2.24, 2.45) is 0 Å². The van der Waals surface area contributed by atoms with E-state index in [4.69, 9.17) is 5.11 Å². The van der Waals surface area contributed by atoms with Crippen LogP contribution >= 0.6 is 0 Å². The Morgan fingerprint density at radius 2 is 2.12 bits per heavy atom. The van der Waals surface area contributed by atoms with Gasteiger partial charge in [0.15, 0.2) is 0 Å². The van der Waals surface area contributed by atoms with E-state index in [0.29, 0.717) is 0 Å². The summed E-state index contributed by atoms with van der Waals surface area (Å²) in [6.45, 7) is 6.96. The first-order chi connectivity index (χ1) is 8.00. The third-order valence-electron chi connectivity index (χ3n) is 4.01. The molecule has 0 spiro atoms. The summed E-state index contributed by atoms with van der Waals surface area (Å²) < 4.78 is 1.98. The normalized spacial score (nSPS) is 17.8. The number of nitrogens with zero attached hydrogens (tertiary/aromatic N) is 2. The molecule has 0 bridgehead atoms. The first-order valence-electron chi connectivity index (χ1n) is 6.26. The number of rotatable bonds is 4. The average molecular weight is 236 g/mol. The van der Waals surface area contributed by atoms with Gasteiger partial charge in [0.05, 0.1) is 12.1 Å². The monoisotopic (exact) mass is 236 g/mol. The standard InChI is InChI=1S/C13H20N2O2/c1-4-15-10(3)12(9(2)14-15)13(6-5-7-13)8-11(16)17/h4-8H2,1-3H3,(H,16,17). The molecule has 0 amide bonds. The molecular weight excluding hydrogens is 216 g/mol. The number of carboxylic acid groups (broad SMARTS) is 1. The zero-order chi connectivity index (χ0) is 12.6. The molecule has 4 heteroatoms. The fourth-order valence-electron chi connectivity index (χ4n) is 3.18. The summed E-state index contributed by atoms with van der Waals surface area (Å²) in [4.78, 5) is 11.1. The Bertz CT molecular complexity index is 445. The zero-order valence-corrected chi connectivity index (χ0v) is 10.8. The molecule has 0 radical (unpaired) electrons. The topological polar surface area (TPSA) is 55.1 Å². The molecule has 4 nitrogen and oxygen atoms in total. The van der Waals surface area contributed by atoms with Gasteiger partial charge in [0.25, 0.3) is 0 Å². The van der Waals surface area contributed by atoms with Crippen molar-refractivity contribution in [3.05, 3.63) is 17.0 Å². The van der Waals surface area contributed by atoms with Gasteiger partial charge in [-0.1, -0.05) is 6.42 Å². The molecule has 1 heterocycles. The molecule has 0 saturated heterocycles. The van der Waals surface area contributed by atoms with Crippen molar-refractivity contribution < 1.29 is 9.90 Å². The van der Waals surface area contributed by atoms with Crippen LogP contribution in [0.5, 0.6) is 0 Å². The second-order valence-electron chi connectivity index (χ2n) is 5.07. The van der Waals surface area contributed by atoms with Gasteiger partial charge in [-0.25, -0.2) is 0 Å². The molecule has 0 aromatic carbocycles. The summed E-state index contributed by atoms with van der Waals surface area (Å²) in [5.41, 5.74) is 3.19. The number of hydrogen-bond acceptors (Lipinski definition) is 2. The maximum Gasteiger partial charge on any atom is 0.304 e. The molecule has 17 heavy (non-hydrogen) atoms. The summed E-state index contributed by atoms with van der Waals surface area (Å²) in [5, 5.41) is 13.6. The van der Waals surface area contributed by atoms with Gasteiger partial charge < -0.3 is 5.11 Å². The summed E-state index contributed by atoms with van der Waals surface area (Å²) in [7, 11) is 0. The minimum atomic E-state index is -0.701. The lowest BCUT2D eigenvalue weighted by atomic mass is 9.62. The van der Waals surface area contributed by atoms with Crippen molar-refractivity contribution in [2.45, 2.75) is 58.4 Å². The summed E-state index contributed by atoms with van der Waals surface area (Å²) in [6.07, 6.45) is 3.33. The van der Waals surface area contributed by atoms with Gasteiger partial charge in [-0.3, -0.25) is 9.48 Å². The van der Waals surface area contributed by atoms with E-state index < -0.39 is 5.97 Å². The van der Waals surface area contributed by atoms with E-state index in [1.54, 1.807) is 0 Å². The van der Waals surface area contributed by atoms with Crippen molar-refractivity contribution in [1.82, 2.24) is 9.78 Å². The van der Waals surface area contributed by atoms with Crippen molar-refractivity contribution in [2.75, 3.05) is 0 Å². The molecule has 1 aliphatic carbocycles. The first-order valence-corrected chi connectivity index (χ1v) is 6.26. The van der Waals surface area contributed by atoms with Crippen LogP contribution in [0.4, 0.5) is 0 Å². The van der Waals surface area contributed by atoms with E-state index in [2.05, 4.69) is 18.9 Å². The Hall–Kier alpha value is -1.32. The SMILES string of the molecule is CCn1nc(C)c(C2(CC(=O)O)CCC2)c1C. The van der Waals surface area contributed by atoms with Crippen molar-refractivity contribution >= 4 is 5.97 Å². The van der Waals surface area contributed by atoms with Crippen LogP contribution in [0, 0.1) is 13.8 Å². The maximum atomic E-state index is 11.1. The molecule has 1 aromatic rings. The molecule has 94 valence electrons. The molecule has 1 saturated carbocycles. The molecule has 0 unspecified atom stereocenters. The molecular formula is C13H20N2O2. The number of carboxylic acids is 1. The molecule has 2 rings (SSSR count). The van der Waals surface area contributed by atoms with E-state index >= 15 is 0 Å². The predicted molar refractivity (Wildman–Crippen MR) is 65.2 cm³/mol. The van der Waals surface area contributed by atoms with Crippen LogP contribution in [0.1, 0.15) is 49.6 Å². The summed E-state index contributed by atoms with van der Waals surface area (Å²) >= 11 is 0. The van der Waals surface area contributed by atoms with Gasteiger partial charge in [-0.05, 0) is 33.6 Å². The molecule has 1 aliphatic rings. The Balaban J connectivity index is 2.44. The minimum Gasteiger partial charge on any atom is -0.481 e. The fraction of sp³-hybridized carbons (Fsp3) is 0.692. The van der Waals surface area contributed by atoms with Crippen molar-refractivity contribution in [1.29, 1.82) is 0 Å². The van der Waals surface area contributed by atoms with Crippen LogP contribution in [0.3, 0.4) is 0 Å². The first kappa shape index (κ1) is 12.1. The Morgan fingerprint density at radius 3 is 2.47 bits per heavy atom. The van der Waals surface area contributed by atoms with E-state index in [1.807, 2.05) is 11.6 Å². The molecule has 1 N–H and O–H groups in total. The lowest BCUT2D eigenvalue weighted by Crippen LogP contribution is -2.37. The van der Waals surface area contributed by atoms with Gasteiger partial charge >= 0.3 is 5.97 Å². The number of aryl methyl sites for hydroxylation is 2. The zero-order valence-electron chi connectivity index (χ0n) is 10.8. The number of aliphatic carboxylic acids is 1. The number of hydrogen-bond donors (Lipinski definition) is 1. The molecule has 1 aromatic heterocycles. The quantitative estimate of drug-likeness (QED) is 0.873. The third kappa shape index (κ3) is 1.85. The highest BCUT2D eigenvalue weighted by Gasteiger charge is 2.43. The molecule has 0 atom stereocenters. The van der Waals surface area contributed by atoms with Gasteiger partial charge in [0, 0.05) is 23.2 Å². The van der Waals surface area contributed by atoms with Crippen molar-refractivity contribution in [3.8, 4) is 0 Å². The van der Waals surface area contributed by atoms with Crippen LogP contribution in [-0.4, -0.2) is 20.9 Å². The van der Waals surface area contributed by atoms with E-state index in [9.17, 15) is 4.79 Å². The second-order valence-corrected chi connectivity index (χ2v) is 5.07. The average Bonchev–Trinajstić information content (AvgIpc) is 2.48. The summed E-state index contributed by atoms with van der Waals surface area (Å²) in [5.74, 6) is -0.701. The van der Waals surface area contributed by atoms with E-state index in [1.165, 1.54) is 5.56 Å². The van der Waals surface area contributed by atoms with Gasteiger partial charge in [-0.15, -0.1) is 0 Å². The Morgan fingerprint density at radius 1 is 1.47 bits per heavy atom. The fourth-order valence-corrected chi connectivity index (χ4v) is 3.18. The third-order valence-corrected chi connectivity index (χ3v) is 4.01. The van der Waals surface area contributed by atoms with E-state index in [-0.39, 0.29) is 11.8 Å². The highest BCUT2D eigenvalue weighted by Crippen LogP contribution is 2.48. The highest BCUT2D eigenvalue weighted by atomic mass is 16.4. The van der Waals surface area contributed by atoms with Crippen LogP contribution in [0.15, 0.2) is 0 Å². The maximum absolute atomic E-state index is 11.1. The Kier molecular flexibility index (Phi) is 2.98. The van der Waals surface area contributed by atoms with Crippen LogP contribution < -0.4 is 0 Å². The van der Waals surface area contributed by atoms with Crippen LogP contribution in [-0.2, 0) is 16.8 Å². The lowest BCUT2D eigenvalue weighted by Gasteiger charge is -2.41. The Labute approximate surface area is 102 Å². The number of carbonyl (C=O) groups is 1. The summed E-state index contributed by atoms with van der Waals surface area (Å²) in [6, 6.07) is 0. The van der Waals surface area contributed by atoms with Gasteiger partial charge in [-0.2, -0.15) is 5.10 Å².